The third-order valence-corrected chi connectivity index (χ3v) is 1.79. The van der Waals surface area contributed by atoms with Crippen LogP contribution in [0.1, 0.15) is 46.0 Å². The van der Waals surface area contributed by atoms with Gasteiger partial charge in [-0.05, 0) is 31.6 Å². The van der Waals surface area contributed by atoms with Crippen molar-refractivity contribution in [1.29, 1.82) is 0 Å². The average molecular weight is 184 g/mol. The molecule has 0 unspecified atom stereocenters. The molecule has 0 atom stereocenters. The fourth-order valence-electron chi connectivity index (χ4n) is 1.02. The van der Waals surface area contributed by atoms with Crippen molar-refractivity contribution in [1.82, 2.24) is 0 Å². The van der Waals surface area contributed by atoms with Crippen LogP contribution in [0.5, 0.6) is 0 Å². The molecule has 13 heavy (non-hydrogen) atoms. The van der Waals surface area contributed by atoms with Crippen molar-refractivity contribution in [2.45, 2.75) is 46.0 Å². The van der Waals surface area contributed by atoms with E-state index < -0.39 is 5.97 Å². The summed E-state index contributed by atoms with van der Waals surface area (Å²) >= 11 is 0. The second-order valence-corrected chi connectivity index (χ2v) is 3.74. The molecule has 0 aromatic rings. The number of hydrogen-bond donors (Lipinski definition) is 1. The van der Waals surface area contributed by atoms with Crippen molar-refractivity contribution < 1.29 is 9.90 Å². The van der Waals surface area contributed by atoms with E-state index in [1.54, 1.807) is 0 Å². The maximum atomic E-state index is 10.2. The summed E-state index contributed by atoms with van der Waals surface area (Å²) in [6, 6.07) is 0. The minimum Gasteiger partial charge on any atom is -0.481 e. The standard InChI is InChI=1S/C11H20O2/c1-10(2)8-6-4-3-5-7-9-11(12)13/h4,6,10H,3,5,7-9H2,1-2H3,(H,12,13). The smallest absolute Gasteiger partial charge is 0.303 e. The van der Waals surface area contributed by atoms with Crippen molar-refractivity contribution in [2.75, 3.05) is 0 Å². The lowest BCUT2D eigenvalue weighted by atomic mass is 10.1. The summed E-state index contributed by atoms with van der Waals surface area (Å²) in [4.78, 5) is 10.2. The Balaban J connectivity index is 3.15. The predicted octanol–water partition coefficient (Wildman–Crippen LogP) is 3.23. The zero-order valence-corrected chi connectivity index (χ0v) is 8.62. The van der Waals surface area contributed by atoms with Gasteiger partial charge in [0.1, 0.15) is 0 Å². The maximum Gasteiger partial charge on any atom is 0.303 e. The third-order valence-electron chi connectivity index (χ3n) is 1.79. The summed E-state index contributed by atoms with van der Waals surface area (Å²) in [6.07, 6.45) is 8.56. The average Bonchev–Trinajstić information content (AvgIpc) is 2.01. The summed E-state index contributed by atoms with van der Waals surface area (Å²) in [6.45, 7) is 4.38. The molecule has 0 aliphatic heterocycles. The van der Waals surface area contributed by atoms with Gasteiger partial charge in [0.2, 0.25) is 0 Å². The molecule has 2 heteroatoms. The highest BCUT2D eigenvalue weighted by molar-refractivity contribution is 5.66. The summed E-state index contributed by atoms with van der Waals surface area (Å²) in [7, 11) is 0. The van der Waals surface area contributed by atoms with Gasteiger partial charge in [0, 0.05) is 6.42 Å². The first-order valence-electron chi connectivity index (χ1n) is 4.99. The monoisotopic (exact) mass is 184 g/mol. The van der Waals surface area contributed by atoms with Crippen LogP contribution >= 0.6 is 0 Å². The topological polar surface area (TPSA) is 37.3 Å². The van der Waals surface area contributed by atoms with Crippen molar-refractivity contribution >= 4 is 5.97 Å². The largest absolute Gasteiger partial charge is 0.481 e. The lowest BCUT2D eigenvalue weighted by molar-refractivity contribution is -0.137. The van der Waals surface area contributed by atoms with Crippen LogP contribution in [0.25, 0.3) is 0 Å². The highest BCUT2D eigenvalue weighted by Crippen LogP contribution is 2.04. The van der Waals surface area contributed by atoms with Crippen LogP contribution in [-0.4, -0.2) is 11.1 Å². The van der Waals surface area contributed by atoms with E-state index >= 15 is 0 Å². The van der Waals surface area contributed by atoms with E-state index in [2.05, 4.69) is 26.0 Å². The molecular weight excluding hydrogens is 164 g/mol. The zero-order valence-electron chi connectivity index (χ0n) is 8.62. The van der Waals surface area contributed by atoms with E-state index in [9.17, 15) is 4.79 Å². The molecular formula is C11H20O2. The van der Waals surface area contributed by atoms with Gasteiger partial charge in [0.15, 0.2) is 0 Å². The Morgan fingerprint density at radius 1 is 1.31 bits per heavy atom. The zero-order chi connectivity index (χ0) is 10.1. The molecule has 0 bridgehead atoms. The van der Waals surface area contributed by atoms with Gasteiger partial charge in [-0.15, -0.1) is 0 Å². The lowest BCUT2D eigenvalue weighted by Crippen LogP contribution is -1.92. The molecule has 0 aliphatic rings. The van der Waals surface area contributed by atoms with Crippen LogP contribution in [0, 0.1) is 5.92 Å². The molecule has 0 saturated heterocycles. The Morgan fingerprint density at radius 3 is 2.54 bits per heavy atom. The Morgan fingerprint density at radius 2 is 2.00 bits per heavy atom. The number of allylic oxidation sites excluding steroid dienone is 2. The van der Waals surface area contributed by atoms with E-state index in [-0.39, 0.29) is 0 Å². The van der Waals surface area contributed by atoms with Crippen LogP contribution < -0.4 is 0 Å². The van der Waals surface area contributed by atoms with Crippen LogP contribution in [-0.2, 0) is 4.79 Å². The van der Waals surface area contributed by atoms with E-state index in [1.165, 1.54) is 0 Å². The van der Waals surface area contributed by atoms with Gasteiger partial charge >= 0.3 is 5.97 Å². The Kier molecular flexibility index (Phi) is 7.36. The van der Waals surface area contributed by atoms with Gasteiger partial charge in [-0.2, -0.15) is 0 Å². The van der Waals surface area contributed by atoms with Crippen molar-refractivity contribution in [3.63, 3.8) is 0 Å². The fraction of sp³-hybridized carbons (Fsp3) is 0.727. The molecule has 0 aromatic heterocycles. The minimum absolute atomic E-state index is 0.304. The van der Waals surface area contributed by atoms with Gasteiger partial charge in [0.25, 0.3) is 0 Å². The van der Waals surface area contributed by atoms with E-state index in [0.717, 1.165) is 31.6 Å². The first-order chi connectivity index (χ1) is 6.13. The highest BCUT2D eigenvalue weighted by atomic mass is 16.4. The van der Waals surface area contributed by atoms with Gasteiger partial charge in [-0.1, -0.05) is 26.0 Å². The van der Waals surface area contributed by atoms with Gasteiger partial charge < -0.3 is 5.11 Å². The second-order valence-electron chi connectivity index (χ2n) is 3.74. The number of rotatable bonds is 7. The fourth-order valence-corrected chi connectivity index (χ4v) is 1.02. The molecule has 76 valence electrons. The predicted molar refractivity (Wildman–Crippen MR) is 54.7 cm³/mol. The van der Waals surface area contributed by atoms with Crippen molar-refractivity contribution in [3.05, 3.63) is 12.2 Å². The number of carboxylic acids is 1. The molecule has 0 rings (SSSR count). The highest BCUT2D eigenvalue weighted by Gasteiger charge is 1.94. The molecule has 0 radical (unpaired) electrons. The normalized spacial score (nSPS) is 11.3. The Labute approximate surface area is 80.7 Å². The van der Waals surface area contributed by atoms with Crippen molar-refractivity contribution in [3.8, 4) is 0 Å². The van der Waals surface area contributed by atoms with Crippen LogP contribution in [0.4, 0.5) is 0 Å². The second kappa shape index (κ2) is 7.84. The molecule has 0 spiro atoms. The summed E-state index contributed by atoms with van der Waals surface area (Å²) in [5, 5.41) is 8.37. The molecule has 0 aliphatic carbocycles. The molecule has 0 aromatic carbocycles. The van der Waals surface area contributed by atoms with Crippen molar-refractivity contribution in [2.24, 2.45) is 5.92 Å². The molecule has 1 N–H and O–H groups in total. The number of carboxylic acid groups (broad SMARTS) is 1. The van der Waals surface area contributed by atoms with Crippen LogP contribution in [0.15, 0.2) is 12.2 Å². The molecule has 0 fully saturated rings. The van der Waals surface area contributed by atoms with Gasteiger partial charge in [-0.3, -0.25) is 4.79 Å². The Hall–Kier alpha value is -0.790. The van der Waals surface area contributed by atoms with E-state index in [1.807, 2.05) is 0 Å². The quantitative estimate of drug-likeness (QED) is 0.487. The van der Waals surface area contributed by atoms with E-state index in [4.69, 9.17) is 5.11 Å². The maximum absolute atomic E-state index is 10.2. The summed E-state index contributed by atoms with van der Waals surface area (Å²) in [5.74, 6) is 0.0291. The first-order valence-corrected chi connectivity index (χ1v) is 4.99. The lowest BCUT2D eigenvalue weighted by Gasteiger charge is -1.96. The van der Waals surface area contributed by atoms with Gasteiger partial charge in [-0.25, -0.2) is 0 Å². The number of carbonyl (C=O) groups is 1. The number of unbranched alkanes of at least 4 members (excludes halogenated alkanes) is 2. The SMILES string of the molecule is CC(C)CC=CCCCCC(=O)O. The molecule has 2 nitrogen and oxygen atoms in total. The van der Waals surface area contributed by atoms with Crippen LogP contribution in [0.2, 0.25) is 0 Å². The number of hydrogen-bond acceptors (Lipinski definition) is 1. The number of aliphatic carboxylic acids is 1. The first kappa shape index (κ1) is 12.2. The molecule has 0 saturated carbocycles. The third kappa shape index (κ3) is 11.2. The van der Waals surface area contributed by atoms with E-state index in [0.29, 0.717) is 6.42 Å². The van der Waals surface area contributed by atoms with Gasteiger partial charge in [0.05, 0.1) is 0 Å². The molecule has 0 heterocycles. The minimum atomic E-state index is -0.689. The molecule has 0 amide bonds. The Bertz CT molecular complexity index is 159. The summed E-state index contributed by atoms with van der Waals surface area (Å²) < 4.78 is 0. The van der Waals surface area contributed by atoms with Crippen LogP contribution in [0.3, 0.4) is 0 Å². The summed E-state index contributed by atoms with van der Waals surface area (Å²) in [5.41, 5.74) is 0.